The van der Waals surface area contributed by atoms with Gasteiger partial charge in [0, 0.05) is 24.7 Å². The third kappa shape index (κ3) is 3.12. The van der Waals surface area contributed by atoms with Gasteiger partial charge in [0.1, 0.15) is 0 Å². The average molecular weight is 290 g/mol. The Morgan fingerprint density at radius 2 is 2.24 bits per heavy atom. The van der Waals surface area contributed by atoms with Crippen LogP contribution >= 0.6 is 0 Å². The number of rotatable bonds is 5. The second kappa shape index (κ2) is 5.79. The van der Waals surface area contributed by atoms with E-state index in [0.29, 0.717) is 5.41 Å². The summed E-state index contributed by atoms with van der Waals surface area (Å²) in [5.74, 6) is 0.540. The van der Waals surface area contributed by atoms with E-state index in [1.165, 1.54) is 5.69 Å². The van der Waals surface area contributed by atoms with Crippen LogP contribution in [0.4, 0.5) is 0 Å². The Bertz CT molecular complexity index is 516. The number of hydrogen-bond donors (Lipinski definition) is 2. The number of aromatic nitrogens is 2. The minimum Gasteiger partial charge on any atom is -0.356 e. The van der Waals surface area contributed by atoms with Gasteiger partial charge in [0.2, 0.25) is 5.91 Å². The van der Waals surface area contributed by atoms with Gasteiger partial charge < -0.3 is 10.6 Å². The smallest absolute Gasteiger partial charge is 0.223 e. The first kappa shape index (κ1) is 14.6. The van der Waals surface area contributed by atoms with E-state index in [1.807, 2.05) is 11.6 Å². The van der Waals surface area contributed by atoms with Crippen LogP contribution in [-0.4, -0.2) is 35.3 Å². The van der Waals surface area contributed by atoms with Crippen molar-refractivity contribution in [3.8, 4) is 0 Å². The van der Waals surface area contributed by atoms with E-state index in [9.17, 15) is 4.79 Å². The van der Waals surface area contributed by atoms with Crippen molar-refractivity contribution >= 4 is 5.91 Å². The van der Waals surface area contributed by atoms with E-state index in [2.05, 4.69) is 28.7 Å². The van der Waals surface area contributed by atoms with Crippen molar-refractivity contribution in [2.24, 2.45) is 11.3 Å². The predicted octanol–water partition coefficient (Wildman–Crippen LogP) is 1.40. The molecule has 116 valence electrons. The van der Waals surface area contributed by atoms with Crippen LogP contribution in [0.2, 0.25) is 0 Å². The maximum Gasteiger partial charge on any atom is 0.223 e. The van der Waals surface area contributed by atoms with Crippen molar-refractivity contribution in [1.82, 2.24) is 20.4 Å². The lowest BCUT2D eigenvalue weighted by Gasteiger charge is -2.23. The molecule has 21 heavy (non-hydrogen) atoms. The highest BCUT2D eigenvalue weighted by molar-refractivity contribution is 5.82. The zero-order valence-corrected chi connectivity index (χ0v) is 13.1. The van der Waals surface area contributed by atoms with Crippen LogP contribution in [0.1, 0.15) is 37.1 Å². The molecule has 2 aliphatic rings. The minimum atomic E-state index is 0.269. The van der Waals surface area contributed by atoms with E-state index in [-0.39, 0.29) is 11.8 Å². The van der Waals surface area contributed by atoms with Crippen LogP contribution in [-0.2, 0) is 11.3 Å². The molecule has 2 fully saturated rings. The number of carbonyl (C=O) groups excluding carboxylic acids is 1. The highest BCUT2D eigenvalue weighted by Gasteiger charge is 2.57. The third-order valence-electron chi connectivity index (χ3n) is 5.05. The normalized spacial score (nSPS) is 23.2. The molecule has 2 heterocycles. The fraction of sp³-hybridized carbons (Fsp3) is 0.750. The molecule has 1 aromatic rings. The Kier molecular flexibility index (Phi) is 4.02. The number of carbonyl (C=O) groups is 1. The molecule has 1 atom stereocenters. The molecule has 0 radical (unpaired) electrons. The quantitative estimate of drug-likeness (QED) is 0.806. The Morgan fingerprint density at radius 1 is 1.48 bits per heavy atom. The Balaban J connectivity index is 1.38. The first-order valence-corrected chi connectivity index (χ1v) is 8.10. The number of amides is 1. The summed E-state index contributed by atoms with van der Waals surface area (Å²) in [5.41, 5.74) is 2.59. The fourth-order valence-corrected chi connectivity index (χ4v) is 3.66. The summed E-state index contributed by atoms with van der Waals surface area (Å²) in [4.78, 5) is 12.2. The molecule has 1 saturated heterocycles. The molecule has 0 bridgehead atoms. The summed E-state index contributed by atoms with van der Waals surface area (Å²) < 4.78 is 2.02. The summed E-state index contributed by atoms with van der Waals surface area (Å²) in [6, 6.07) is 2.09. The summed E-state index contributed by atoms with van der Waals surface area (Å²) in [6.45, 7) is 7.85. The molecule has 1 aliphatic carbocycles. The Labute approximate surface area is 126 Å². The van der Waals surface area contributed by atoms with Crippen LogP contribution in [0.15, 0.2) is 6.07 Å². The molecule has 1 saturated carbocycles. The molecule has 1 unspecified atom stereocenters. The number of hydrogen-bond acceptors (Lipinski definition) is 3. The molecule has 1 aliphatic heterocycles. The molecule has 2 N–H and O–H groups in total. The monoisotopic (exact) mass is 290 g/mol. The van der Waals surface area contributed by atoms with Gasteiger partial charge in [0.15, 0.2) is 0 Å². The number of aryl methyl sites for hydroxylation is 3. The van der Waals surface area contributed by atoms with Crippen LogP contribution in [0.5, 0.6) is 0 Å². The SMILES string of the molecule is Cc1cc(C)n(CCCNC(=O)C2CC23CCNCC3)n1. The van der Waals surface area contributed by atoms with Crippen LogP contribution in [0.3, 0.4) is 0 Å². The van der Waals surface area contributed by atoms with Gasteiger partial charge >= 0.3 is 0 Å². The zero-order chi connectivity index (χ0) is 14.9. The topological polar surface area (TPSA) is 59.0 Å². The molecule has 3 rings (SSSR count). The molecular weight excluding hydrogens is 264 g/mol. The van der Waals surface area contributed by atoms with Crippen molar-refractivity contribution in [2.75, 3.05) is 19.6 Å². The molecule has 0 aromatic carbocycles. The van der Waals surface area contributed by atoms with Crippen LogP contribution in [0.25, 0.3) is 0 Å². The van der Waals surface area contributed by atoms with E-state index < -0.39 is 0 Å². The van der Waals surface area contributed by atoms with E-state index in [1.54, 1.807) is 0 Å². The minimum absolute atomic E-state index is 0.269. The highest BCUT2D eigenvalue weighted by atomic mass is 16.2. The lowest BCUT2D eigenvalue weighted by Crippen LogP contribution is -2.34. The number of piperidine rings is 1. The van der Waals surface area contributed by atoms with E-state index in [0.717, 1.165) is 57.6 Å². The van der Waals surface area contributed by atoms with Crippen molar-refractivity contribution in [3.63, 3.8) is 0 Å². The standard InChI is InChI=1S/C16H26N4O/c1-12-10-13(2)20(19-12)9-3-6-18-15(21)14-11-16(14)4-7-17-8-5-16/h10,14,17H,3-9,11H2,1-2H3,(H,18,21). The molecule has 5 heteroatoms. The zero-order valence-electron chi connectivity index (χ0n) is 13.1. The van der Waals surface area contributed by atoms with Gasteiger partial charge in [-0.3, -0.25) is 9.48 Å². The molecule has 5 nitrogen and oxygen atoms in total. The Morgan fingerprint density at radius 3 is 2.90 bits per heavy atom. The largest absolute Gasteiger partial charge is 0.356 e. The Hall–Kier alpha value is -1.36. The lowest BCUT2D eigenvalue weighted by atomic mass is 9.92. The van der Waals surface area contributed by atoms with Gasteiger partial charge in [-0.15, -0.1) is 0 Å². The number of nitrogens with one attached hydrogen (secondary N) is 2. The third-order valence-corrected chi connectivity index (χ3v) is 5.05. The van der Waals surface area contributed by atoms with Gasteiger partial charge in [-0.25, -0.2) is 0 Å². The lowest BCUT2D eigenvalue weighted by molar-refractivity contribution is -0.123. The van der Waals surface area contributed by atoms with Crippen molar-refractivity contribution < 1.29 is 4.79 Å². The molecule has 1 spiro atoms. The van der Waals surface area contributed by atoms with Crippen molar-refractivity contribution in [1.29, 1.82) is 0 Å². The maximum atomic E-state index is 12.2. The summed E-state index contributed by atoms with van der Waals surface area (Å²) in [7, 11) is 0. The molecular formula is C16H26N4O. The maximum absolute atomic E-state index is 12.2. The molecule has 1 amide bonds. The highest BCUT2D eigenvalue weighted by Crippen LogP contribution is 2.58. The summed E-state index contributed by atoms with van der Waals surface area (Å²) >= 11 is 0. The van der Waals surface area contributed by atoms with Gasteiger partial charge in [-0.05, 0) is 64.1 Å². The predicted molar refractivity (Wildman–Crippen MR) is 82.0 cm³/mol. The van der Waals surface area contributed by atoms with Crippen LogP contribution < -0.4 is 10.6 Å². The van der Waals surface area contributed by atoms with Crippen molar-refractivity contribution in [3.05, 3.63) is 17.5 Å². The number of nitrogens with zero attached hydrogens (tertiary/aromatic N) is 2. The second-order valence-corrected chi connectivity index (χ2v) is 6.66. The summed E-state index contributed by atoms with van der Waals surface area (Å²) in [6.07, 6.45) is 4.36. The molecule has 1 aromatic heterocycles. The average Bonchev–Trinajstić information content (AvgIpc) is 3.05. The van der Waals surface area contributed by atoms with E-state index in [4.69, 9.17) is 0 Å². The van der Waals surface area contributed by atoms with Gasteiger partial charge in [0.25, 0.3) is 0 Å². The second-order valence-electron chi connectivity index (χ2n) is 6.66. The van der Waals surface area contributed by atoms with Gasteiger partial charge in [-0.1, -0.05) is 0 Å². The summed E-state index contributed by atoms with van der Waals surface area (Å²) in [5, 5.41) is 10.9. The fourth-order valence-electron chi connectivity index (χ4n) is 3.66. The van der Waals surface area contributed by atoms with E-state index >= 15 is 0 Å². The first-order chi connectivity index (χ1) is 10.1. The van der Waals surface area contributed by atoms with Crippen LogP contribution in [0, 0.1) is 25.2 Å². The van der Waals surface area contributed by atoms with Gasteiger partial charge in [-0.2, -0.15) is 5.10 Å². The van der Waals surface area contributed by atoms with Crippen molar-refractivity contribution in [2.45, 2.75) is 46.1 Å². The first-order valence-electron chi connectivity index (χ1n) is 8.10. The van der Waals surface area contributed by atoms with Gasteiger partial charge in [0.05, 0.1) is 5.69 Å².